The Morgan fingerprint density at radius 1 is 1.15 bits per heavy atom. The van der Waals surface area contributed by atoms with Crippen molar-refractivity contribution in [3.63, 3.8) is 0 Å². The molecular formula is C17H10ClF3N4O2. The van der Waals surface area contributed by atoms with Crippen LogP contribution in [0.25, 0.3) is 28.0 Å². The highest BCUT2D eigenvalue weighted by molar-refractivity contribution is 6.31. The smallest absolute Gasteiger partial charge is 0.417 e. The van der Waals surface area contributed by atoms with Crippen LogP contribution < -0.4 is 5.69 Å². The van der Waals surface area contributed by atoms with Crippen molar-refractivity contribution in [2.45, 2.75) is 6.18 Å². The van der Waals surface area contributed by atoms with Crippen LogP contribution in [0.1, 0.15) is 5.56 Å². The first kappa shape index (κ1) is 17.2. The molecular weight excluding hydrogens is 385 g/mol. The zero-order valence-electron chi connectivity index (χ0n) is 13.3. The van der Waals surface area contributed by atoms with Crippen LogP contribution in [0.3, 0.4) is 0 Å². The second-order valence-corrected chi connectivity index (χ2v) is 6.17. The van der Waals surface area contributed by atoms with Gasteiger partial charge in [-0.2, -0.15) is 13.2 Å². The number of benzene rings is 2. The van der Waals surface area contributed by atoms with Crippen LogP contribution in [0.4, 0.5) is 13.2 Å². The normalized spacial score (nSPS) is 12.0. The molecule has 6 nitrogen and oxygen atoms in total. The molecule has 27 heavy (non-hydrogen) atoms. The maximum Gasteiger partial charge on any atom is 0.417 e. The number of aromatic hydroxyl groups is 1. The number of hydrogen-bond donors (Lipinski definition) is 3. The summed E-state index contributed by atoms with van der Waals surface area (Å²) in [7, 11) is 0. The molecule has 2 aromatic carbocycles. The van der Waals surface area contributed by atoms with Gasteiger partial charge in [-0.1, -0.05) is 17.7 Å². The number of nitrogens with one attached hydrogen (secondary N) is 2. The molecule has 0 bridgehead atoms. The van der Waals surface area contributed by atoms with Gasteiger partial charge in [0.2, 0.25) is 5.88 Å². The van der Waals surface area contributed by atoms with Gasteiger partial charge < -0.3 is 10.1 Å². The van der Waals surface area contributed by atoms with Crippen LogP contribution >= 0.6 is 11.6 Å². The third kappa shape index (κ3) is 2.85. The molecule has 0 aliphatic heterocycles. The number of imidazole rings is 2. The lowest BCUT2D eigenvalue weighted by atomic mass is 10.1. The number of alkyl halides is 3. The van der Waals surface area contributed by atoms with E-state index in [0.717, 1.165) is 16.7 Å². The summed E-state index contributed by atoms with van der Waals surface area (Å²) in [6.07, 6.45) is -3.21. The zero-order valence-corrected chi connectivity index (χ0v) is 14.1. The summed E-state index contributed by atoms with van der Waals surface area (Å²) in [6, 6.07) is 7.97. The highest BCUT2D eigenvalue weighted by Crippen LogP contribution is 2.39. The average Bonchev–Trinajstić information content (AvgIpc) is 3.17. The van der Waals surface area contributed by atoms with Crippen LogP contribution in [-0.4, -0.2) is 24.6 Å². The fourth-order valence-corrected chi connectivity index (χ4v) is 3.11. The maximum atomic E-state index is 13.2. The highest BCUT2D eigenvalue weighted by Gasteiger charge is 2.34. The lowest BCUT2D eigenvalue weighted by molar-refractivity contribution is -0.137. The van der Waals surface area contributed by atoms with Crippen molar-refractivity contribution in [2.24, 2.45) is 0 Å². The van der Waals surface area contributed by atoms with Crippen molar-refractivity contribution in [2.75, 3.05) is 0 Å². The molecule has 2 heterocycles. The first-order valence-electron chi connectivity index (χ1n) is 7.60. The van der Waals surface area contributed by atoms with Crippen molar-refractivity contribution in [3.8, 4) is 22.8 Å². The molecule has 2 aromatic heterocycles. The Labute approximate surface area is 153 Å². The third-order valence-corrected chi connectivity index (χ3v) is 4.41. The summed E-state index contributed by atoms with van der Waals surface area (Å²) in [5.74, 6) is -0.555. The minimum atomic E-state index is -4.68. The summed E-state index contributed by atoms with van der Waals surface area (Å²) in [5.41, 5.74) is -0.285. The van der Waals surface area contributed by atoms with Gasteiger partial charge in [0.05, 0.1) is 33.6 Å². The fourth-order valence-electron chi connectivity index (χ4n) is 2.89. The van der Waals surface area contributed by atoms with Crippen molar-refractivity contribution in [1.82, 2.24) is 19.5 Å². The van der Waals surface area contributed by atoms with Crippen molar-refractivity contribution in [1.29, 1.82) is 0 Å². The highest BCUT2D eigenvalue weighted by atomic mass is 35.5. The molecule has 0 atom stereocenters. The Bertz CT molecular complexity index is 1220. The van der Waals surface area contributed by atoms with Gasteiger partial charge in [0, 0.05) is 5.56 Å². The second kappa shape index (κ2) is 5.92. The van der Waals surface area contributed by atoms with Gasteiger partial charge in [-0.05, 0) is 30.3 Å². The van der Waals surface area contributed by atoms with Gasteiger partial charge in [0.15, 0.2) is 0 Å². The number of fused-ring (bicyclic) bond motifs is 1. The van der Waals surface area contributed by atoms with Crippen LogP contribution in [0, 0.1) is 0 Å². The predicted molar refractivity (Wildman–Crippen MR) is 93.2 cm³/mol. The predicted octanol–water partition coefficient (Wildman–Crippen LogP) is 4.09. The Balaban J connectivity index is 1.96. The number of aromatic amines is 2. The summed E-state index contributed by atoms with van der Waals surface area (Å²) < 4.78 is 40.6. The number of H-pyrrole nitrogens is 2. The molecule has 0 saturated carbocycles. The monoisotopic (exact) mass is 394 g/mol. The van der Waals surface area contributed by atoms with E-state index in [1.807, 2.05) is 0 Å². The molecule has 0 radical (unpaired) electrons. The van der Waals surface area contributed by atoms with Gasteiger partial charge in [0.25, 0.3) is 0 Å². The first-order chi connectivity index (χ1) is 12.8. The van der Waals surface area contributed by atoms with Gasteiger partial charge in [-0.25, -0.2) is 9.78 Å². The van der Waals surface area contributed by atoms with Crippen molar-refractivity contribution in [3.05, 3.63) is 63.8 Å². The minimum Gasteiger partial charge on any atom is -0.493 e. The van der Waals surface area contributed by atoms with E-state index >= 15 is 0 Å². The molecule has 0 unspecified atom stereocenters. The summed E-state index contributed by atoms with van der Waals surface area (Å²) in [5, 5.41) is 9.67. The molecule has 0 spiro atoms. The van der Waals surface area contributed by atoms with E-state index in [9.17, 15) is 23.1 Å². The Morgan fingerprint density at radius 2 is 1.93 bits per heavy atom. The Morgan fingerprint density at radius 3 is 2.67 bits per heavy atom. The lowest BCUT2D eigenvalue weighted by Gasteiger charge is -2.12. The number of nitrogens with zero attached hydrogens (tertiary/aromatic N) is 2. The largest absolute Gasteiger partial charge is 0.493 e. The van der Waals surface area contributed by atoms with E-state index in [0.29, 0.717) is 16.7 Å². The van der Waals surface area contributed by atoms with E-state index in [-0.39, 0.29) is 11.3 Å². The third-order valence-electron chi connectivity index (χ3n) is 4.08. The summed E-state index contributed by atoms with van der Waals surface area (Å²) in [6.45, 7) is 0. The summed E-state index contributed by atoms with van der Waals surface area (Å²) in [4.78, 5) is 21.5. The second-order valence-electron chi connectivity index (χ2n) is 5.76. The molecule has 4 rings (SSSR count). The van der Waals surface area contributed by atoms with Crippen molar-refractivity contribution < 1.29 is 18.3 Å². The first-order valence-corrected chi connectivity index (χ1v) is 7.98. The maximum absolute atomic E-state index is 13.2. The lowest BCUT2D eigenvalue weighted by Crippen LogP contribution is -2.15. The van der Waals surface area contributed by atoms with E-state index < -0.39 is 28.3 Å². The molecule has 0 amide bonds. The molecule has 0 fully saturated rings. The van der Waals surface area contributed by atoms with E-state index in [2.05, 4.69) is 15.0 Å². The SMILES string of the molecule is O=c1[nH]c(O)c(-c2ccc(Cl)c(C(F)(F)F)c2)n1-c1ccc2nc[nH]c2c1. The number of aromatic nitrogens is 4. The minimum absolute atomic E-state index is 0.0210. The molecule has 0 aliphatic carbocycles. The molecule has 4 aromatic rings. The van der Waals surface area contributed by atoms with E-state index in [1.54, 1.807) is 18.2 Å². The molecule has 0 aliphatic rings. The number of halogens is 4. The Kier molecular flexibility index (Phi) is 3.77. The van der Waals surface area contributed by atoms with Crippen LogP contribution in [0.15, 0.2) is 47.5 Å². The van der Waals surface area contributed by atoms with Crippen LogP contribution in [0.2, 0.25) is 5.02 Å². The van der Waals surface area contributed by atoms with Gasteiger partial charge >= 0.3 is 11.9 Å². The quantitative estimate of drug-likeness (QED) is 0.478. The molecule has 0 saturated heterocycles. The Hall–Kier alpha value is -3.20. The molecule has 3 N–H and O–H groups in total. The van der Waals surface area contributed by atoms with Gasteiger partial charge in [0.1, 0.15) is 5.69 Å². The van der Waals surface area contributed by atoms with Gasteiger partial charge in [-0.15, -0.1) is 0 Å². The van der Waals surface area contributed by atoms with E-state index in [4.69, 9.17) is 11.6 Å². The summed E-state index contributed by atoms with van der Waals surface area (Å²) >= 11 is 5.65. The van der Waals surface area contributed by atoms with E-state index in [1.165, 1.54) is 12.4 Å². The number of hydrogen-bond acceptors (Lipinski definition) is 3. The average molecular weight is 395 g/mol. The zero-order chi connectivity index (χ0) is 19.3. The standard InChI is InChI=1S/C17H10ClF3N4O2/c18-11-3-1-8(5-10(11)17(19,20)21)14-15(26)24-16(27)25(14)9-2-4-12-13(6-9)23-7-22-12/h1-7,26H,(H,22,23)(H,24,27). The molecule has 138 valence electrons. The molecule has 10 heteroatoms. The van der Waals surface area contributed by atoms with Crippen molar-refractivity contribution >= 4 is 22.6 Å². The van der Waals surface area contributed by atoms with Crippen LogP contribution in [-0.2, 0) is 6.18 Å². The van der Waals surface area contributed by atoms with Crippen LogP contribution in [0.5, 0.6) is 5.88 Å². The fraction of sp³-hybridized carbons (Fsp3) is 0.0588. The van der Waals surface area contributed by atoms with Gasteiger partial charge in [-0.3, -0.25) is 9.55 Å². The topological polar surface area (TPSA) is 86.7 Å². The number of rotatable bonds is 2.